The molecule has 3 nitrogen and oxygen atoms in total. The number of nitrogens with zero attached hydrogens (tertiary/aromatic N) is 2. The van der Waals surface area contributed by atoms with E-state index in [-0.39, 0.29) is 17.3 Å². The highest BCUT2D eigenvalue weighted by Crippen LogP contribution is 2.26. The zero-order valence-electron chi connectivity index (χ0n) is 9.45. The van der Waals surface area contributed by atoms with Gasteiger partial charge >= 0.3 is 0 Å². The minimum atomic E-state index is -0.622. The van der Waals surface area contributed by atoms with Crippen molar-refractivity contribution in [1.82, 2.24) is 9.97 Å². The molecule has 0 bridgehead atoms. The Morgan fingerprint density at radius 2 is 2.06 bits per heavy atom. The van der Waals surface area contributed by atoms with Crippen molar-refractivity contribution in [3.63, 3.8) is 0 Å². The lowest BCUT2D eigenvalue weighted by Crippen LogP contribution is -1.99. The quantitative estimate of drug-likeness (QED) is 0.862. The van der Waals surface area contributed by atoms with E-state index < -0.39 is 11.6 Å². The van der Waals surface area contributed by atoms with Gasteiger partial charge in [0, 0.05) is 6.07 Å². The first-order valence-corrected chi connectivity index (χ1v) is 6.03. The van der Waals surface area contributed by atoms with Gasteiger partial charge in [0.25, 0.3) is 5.88 Å². The molecule has 0 atom stereocenters. The van der Waals surface area contributed by atoms with E-state index in [1.165, 1.54) is 18.5 Å². The fraction of sp³-hybridized carbons (Fsp3) is 0.167. The Kier molecular flexibility index (Phi) is 3.86. The van der Waals surface area contributed by atoms with Crippen LogP contribution in [0.4, 0.5) is 8.78 Å². The van der Waals surface area contributed by atoms with E-state index in [4.69, 9.17) is 4.74 Å². The second-order valence-electron chi connectivity index (χ2n) is 3.47. The van der Waals surface area contributed by atoms with Crippen LogP contribution in [-0.2, 0) is 6.42 Å². The molecule has 94 valence electrons. The Hall–Kier alpha value is -1.56. The van der Waals surface area contributed by atoms with Crippen LogP contribution in [0.25, 0.3) is 0 Å². The number of hydrogen-bond acceptors (Lipinski definition) is 3. The maximum atomic E-state index is 13.8. The number of halogens is 3. The number of ether oxygens (including phenoxy) is 1. The van der Waals surface area contributed by atoms with Gasteiger partial charge in [-0.25, -0.2) is 9.37 Å². The molecule has 0 spiro atoms. The number of rotatable bonds is 3. The summed E-state index contributed by atoms with van der Waals surface area (Å²) in [7, 11) is 0. The first-order valence-electron chi connectivity index (χ1n) is 5.24. The van der Waals surface area contributed by atoms with Crippen molar-refractivity contribution in [1.29, 1.82) is 0 Å². The van der Waals surface area contributed by atoms with E-state index in [1.54, 1.807) is 6.92 Å². The fourth-order valence-electron chi connectivity index (χ4n) is 1.36. The van der Waals surface area contributed by atoms with Crippen molar-refractivity contribution < 1.29 is 13.5 Å². The van der Waals surface area contributed by atoms with Gasteiger partial charge in [-0.1, -0.05) is 6.92 Å². The van der Waals surface area contributed by atoms with Gasteiger partial charge in [0.2, 0.25) is 5.82 Å². The Morgan fingerprint density at radius 3 is 2.72 bits per heavy atom. The molecule has 1 aromatic carbocycles. The van der Waals surface area contributed by atoms with E-state index in [2.05, 4.69) is 25.9 Å². The summed E-state index contributed by atoms with van der Waals surface area (Å²) < 4.78 is 32.6. The third-order valence-electron chi connectivity index (χ3n) is 2.27. The minimum Gasteiger partial charge on any atom is -0.436 e. The largest absolute Gasteiger partial charge is 0.436 e. The van der Waals surface area contributed by atoms with Gasteiger partial charge in [-0.2, -0.15) is 9.37 Å². The van der Waals surface area contributed by atoms with Crippen molar-refractivity contribution >= 4 is 15.9 Å². The Balaban J connectivity index is 2.31. The monoisotopic (exact) mass is 314 g/mol. The summed E-state index contributed by atoms with van der Waals surface area (Å²) in [6.45, 7) is 1.77. The zero-order chi connectivity index (χ0) is 13.1. The molecule has 0 aliphatic carbocycles. The Labute approximate surface area is 111 Å². The molecule has 0 saturated carbocycles. The molecule has 1 heterocycles. The molecule has 0 aliphatic heterocycles. The average molecular weight is 315 g/mol. The molecule has 0 radical (unpaired) electrons. The molecule has 18 heavy (non-hydrogen) atoms. The molecule has 0 fully saturated rings. The lowest BCUT2D eigenvalue weighted by Gasteiger charge is -2.07. The predicted octanol–water partition coefficient (Wildman–Crippen LogP) is 3.87. The summed E-state index contributed by atoms with van der Waals surface area (Å²) in [6, 6.07) is 4.14. The highest BCUT2D eigenvalue weighted by atomic mass is 79.9. The summed E-state index contributed by atoms with van der Waals surface area (Å²) in [6.07, 6.45) is 1.64. The molecular weight excluding hydrogens is 306 g/mol. The normalized spacial score (nSPS) is 10.4. The van der Waals surface area contributed by atoms with E-state index in [0.29, 0.717) is 10.9 Å². The van der Waals surface area contributed by atoms with Crippen molar-refractivity contribution in [2.75, 3.05) is 0 Å². The second kappa shape index (κ2) is 5.39. The summed E-state index contributed by atoms with van der Waals surface area (Å²) in [5.41, 5.74) is 0.262. The number of aryl methyl sites for hydroxylation is 1. The summed E-state index contributed by atoms with van der Waals surface area (Å²) in [5, 5.41) is 0. The van der Waals surface area contributed by atoms with Gasteiger partial charge < -0.3 is 4.74 Å². The molecule has 2 aromatic rings. The van der Waals surface area contributed by atoms with Crippen LogP contribution in [0, 0.1) is 11.6 Å². The van der Waals surface area contributed by atoms with Crippen LogP contribution >= 0.6 is 15.9 Å². The molecule has 0 aliphatic rings. The van der Waals surface area contributed by atoms with Gasteiger partial charge in [-0.3, -0.25) is 0 Å². The average Bonchev–Trinajstić information content (AvgIpc) is 2.36. The third kappa shape index (κ3) is 2.64. The van der Waals surface area contributed by atoms with E-state index in [0.717, 1.165) is 6.07 Å². The van der Waals surface area contributed by atoms with Crippen molar-refractivity contribution in [2.24, 2.45) is 0 Å². The van der Waals surface area contributed by atoms with E-state index in [9.17, 15) is 8.78 Å². The SMILES string of the molecule is CCc1ncnc(Oc2ccc(Br)c(F)c2)c1F. The van der Waals surface area contributed by atoms with Crippen LogP contribution in [-0.4, -0.2) is 9.97 Å². The maximum Gasteiger partial charge on any atom is 0.259 e. The summed E-state index contributed by atoms with van der Waals surface area (Å²) in [5.74, 6) is -1.14. The Bertz CT molecular complexity index is 578. The van der Waals surface area contributed by atoms with Crippen LogP contribution in [0.2, 0.25) is 0 Å². The second-order valence-corrected chi connectivity index (χ2v) is 4.33. The van der Waals surface area contributed by atoms with Gasteiger partial charge in [0.15, 0.2) is 0 Å². The fourth-order valence-corrected chi connectivity index (χ4v) is 1.60. The molecule has 0 N–H and O–H groups in total. The number of benzene rings is 1. The summed E-state index contributed by atoms with van der Waals surface area (Å²) in [4.78, 5) is 7.47. The molecular formula is C12H9BrF2N2O. The maximum absolute atomic E-state index is 13.8. The highest BCUT2D eigenvalue weighted by Gasteiger charge is 2.12. The molecule has 6 heteroatoms. The third-order valence-corrected chi connectivity index (χ3v) is 2.91. The van der Waals surface area contributed by atoms with E-state index >= 15 is 0 Å². The lowest BCUT2D eigenvalue weighted by molar-refractivity contribution is 0.412. The molecule has 0 unspecified atom stereocenters. The molecule has 1 aromatic heterocycles. The lowest BCUT2D eigenvalue weighted by atomic mass is 10.3. The van der Waals surface area contributed by atoms with Crippen LogP contribution < -0.4 is 4.74 Å². The predicted molar refractivity (Wildman–Crippen MR) is 65.5 cm³/mol. The van der Waals surface area contributed by atoms with Crippen molar-refractivity contribution in [3.8, 4) is 11.6 Å². The van der Waals surface area contributed by atoms with E-state index in [1.807, 2.05) is 0 Å². The standard InChI is InChI=1S/C12H9BrF2N2O/c1-2-10-11(15)12(17-6-16-10)18-7-3-4-8(13)9(14)5-7/h3-6H,2H2,1H3. The molecule has 0 amide bonds. The number of aromatic nitrogens is 2. The Morgan fingerprint density at radius 1 is 1.28 bits per heavy atom. The van der Waals surface area contributed by atoms with Crippen LogP contribution in [0.15, 0.2) is 29.0 Å². The van der Waals surface area contributed by atoms with Crippen LogP contribution in [0.3, 0.4) is 0 Å². The first-order chi connectivity index (χ1) is 8.61. The summed E-state index contributed by atoms with van der Waals surface area (Å²) >= 11 is 3.02. The highest BCUT2D eigenvalue weighted by molar-refractivity contribution is 9.10. The molecule has 2 rings (SSSR count). The topological polar surface area (TPSA) is 35.0 Å². The van der Waals surface area contributed by atoms with Gasteiger partial charge in [-0.05, 0) is 34.5 Å². The minimum absolute atomic E-state index is 0.176. The zero-order valence-corrected chi connectivity index (χ0v) is 11.0. The van der Waals surface area contributed by atoms with Crippen molar-refractivity contribution in [3.05, 3.63) is 46.3 Å². The van der Waals surface area contributed by atoms with Gasteiger partial charge in [-0.15, -0.1) is 0 Å². The van der Waals surface area contributed by atoms with Crippen LogP contribution in [0.1, 0.15) is 12.6 Å². The van der Waals surface area contributed by atoms with Crippen LogP contribution in [0.5, 0.6) is 11.6 Å². The number of hydrogen-bond donors (Lipinski definition) is 0. The van der Waals surface area contributed by atoms with Crippen molar-refractivity contribution in [2.45, 2.75) is 13.3 Å². The first kappa shape index (κ1) is 12.9. The van der Waals surface area contributed by atoms with Gasteiger partial charge in [0.1, 0.15) is 17.9 Å². The smallest absolute Gasteiger partial charge is 0.259 e. The van der Waals surface area contributed by atoms with Gasteiger partial charge in [0.05, 0.1) is 10.2 Å². The molecule has 0 saturated heterocycles.